The lowest BCUT2D eigenvalue weighted by Crippen LogP contribution is -2.26. The van der Waals surface area contributed by atoms with E-state index in [0.29, 0.717) is 0 Å². The molecule has 1 aliphatic rings. The topological polar surface area (TPSA) is 21.1 Å². The second-order valence-corrected chi connectivity index (χ2v) is 6.41. The Balaban J connectivity index is 0.00000169. The van der Waals surface area contributed by atoms with Gasteiger partial charge in [0.15, 0.2) is 0 Å². The summed E-state index contributed by atoms with van der Waals surface area (Å²) < 4.78 is 2.37. The molecule has 3 aromatic rings. The highest BCUT2D eigenvalue weighted by atomic mass is 35.5. The van der Waals surface area contributed by atoms with Crippen LogP contribution in [-0.4, -0.2) is 28.0 Å². The van der Waals surface area contributed by atoms with Gasteiger partial charge < -0.3 is 9.47 Å². The van der Waals surface area contributed by atoms with E-state index in [-0.39, 0.29) is 12.4 Å². The van der Waals surface area contributed by atoms with Crippen molar-refractivity contribution in [2.45, 2.75) is 19.9 Å². The van der Waals surface area contributed by atoms with Gasteiger partial charge in [0.05, 0.1) is 5.52 Å². The summed E-state index contributed by atoms with van der Waals surface area (Å²) in [5, 5.41) is 1.39. The third-order valence-electron chi connectivity index (χ3n) is 4.63. The summed E-state index contributed by atoms with van der Waals surface area (Å²) in [6, 6.07) is 10.8. The molecule has 0 radical (unpaired) electrons. The van der Waals surface area contributed by atoms with E-state index in [1.807, 2.05) is 18.5 Å². The molecule has 0 N–H and O–H groups in total. The van der Waals surface area contributed by atoms with Gasteiger partial charge in [0.1, 0.15) is 0 Å². The Bertz CT molecular complexity index is 881. The van der Waals surface area contributed by atoms with E-state index >= 15 is 0 Å². The van der Waals surface area contributed by atoms with Crippen LogP contribution in [-0.2, 0) is 13.0 Å². The van der Waals surface area contributed by atoms with E-state index in [1.54, 1.807) is 0 Å². The molecule has 0 amide bonds. The summed E-state index contributed by atoms with van der Waals surface area (Å²) in [6.45, 7) is 4.31. The molecular weight excluding hydrogens is 318 g/mol. The van der Waals surface area contributed by atoms with E-state index in [0.717, 1.165) is 25.1 Å². The Kier molecular flexibility index (Phi) is 4.74. The first-order chi connectivity index (χ1) is 11.2. The van der Waals surface area contributed by atoms with Crippen LogP contribution in [0.15, 0.2) is 42.7 Å². The van der Waals surface area contributed by atoms with Crippen LogP contribution in [0.5, 0.6) is 0 Å². The van der Waals surface area contributed by atoms with E-state index < -0.39 is 0 Å². The second kappa shape index (κ2) is 6.80. The maximum atomic E-state index is 4.19. The Morgan fingerprint density at radius 2 is 2.08 bits per heavy atom. The van der Waals surface area contributed by atoms with Gasteiger partial charge >= 0.3 is 0 Å². The molecule has 0 bridgehead atoms. The first-order valence-corrected chi connectivity index (χ1v) is 8.11. The third kappa shape index (κ3) is 2.97. The Morgan fingerprint density at radius 3 is 2.88 bits per heavy atom. The van der Waals surface area contributed by atoms with Crippen molar-refractivity contribution in [1.82, 2.24) is 14.5 Å². The average molecular weight is 340 g/mol. The molecule has 1 aromatic carbocycles. The molecule has 3 nitrogen and oxygen atoms in total. The molecule has 0 saturated heterocycles. The van der Waals surface area contributed by atoms with Gasteiger partial charge in [-0.2, -0.15) is 0 Å². The standard InChI is InChI=1S/C20H21N3.ClH/c1-15-5-6-19-17(12-15)18-14-22(2)10-8-20(18)23(19)11-7-16-4-3-9-21-13-16;/h3-7,9,11-13H,8,10,14H2,1-2H3;1H/b11-7-;. The number of fused-ring (bicyclic) bond motifs is 3. The lowest BCUT2D eigenvalue weighted by Gasteiger charge is -2.23. The van der Waals surface area contributed by atoms with Crippen LogP contribution in [0.2, 0.25) is 0 Å². The minimum absolute atomic E-state index is 0. The normalized spacial score (nSPS) is 14.8. The highest BCUT2D eigenvalue weighted by molar-refractivity contribution is 5.89. The van der Waals surface area contributed by atoms with E-state index in [4.69, 9.17) is 0 Å². The Labute approximate surface area is 149 Å². The van der Waals surface area contributed by atoms with Crippen molar-refractivity contribution in [2.75, 3.05) is 13.6 Å². The predicted molar refractivity (Wildman–Crippen MR) is 103 cm³/mol. The average Bonchev–Trinajstić information content (AvgIpc) is 2.86. The van der Waals surface area contributed by atoms with Gasteiger partial charge in [-0.1, -0.05) is 17.7 Å². The fourth-order valence-corrected chi connectivity index (χ4v) is 3.45. The summed E-state index contributed by atoms with van der Waals surface area (Å²) in [7, 11) is 2.20. The highest BCUT2D eigenvalue weighted by Crippen LogP contribution is 2.31. The SMILES string of the molecule is Cc1ccc2c(c1)c1c(n2/C=C\c2cccnc2)CCN(C)C1.Cl. The minimum Gasteiger partial charge on any atom is -0.320 e. The van der Waals surface area contributed by atoms with Crippen molar-refractivity contribution < 1.29 is 0 Å². The molecule has 0 unspecified atom stereocenters. The number of rotatable bonds is 2. The number of aryl methyl sites for hydroxylation is 1. The van der Waals surface area contributed by atoms with Crippen LogP contribution in [0.1, 0.15) is 22.4 Å². The number of likely N-dealkylation sites (N-methyl/N-ethyl adjacent to an activating group) is 1. The van der Waals surface area contributed by atoms with Gasteiger partial charge in [0.2, 0.25) is 0 Å². The second-order valence-electron chi connectivity index (χ2n) is 6.41. The summed E-state index contributed by atoms with van der Waals surface area (Å²) in [5.41, 5.74) is 6.68. The zero-order valence-electron chi connectivity index (χ0n) is 14.1. The van der Waals surface area contributed by atoms with Crippen LogP contribution >= 0.6 is 12.4 Å². The molecule has 0 saturated carbocycles. The summed E-state index contributed by atoms with van der Waals surface area (Å²) in [5.74, 6) is 0. The van der Waals surface area contributed by atoms with Crippen molar-refractivity contribution in [1.29, 1.82) is 0 Å². The fraction of sp³-hybridized carbons (Fsp3) is 0.250. The van der Waals surface area contributed by atoms with Gasteiger partial charge in [0.25, 0.3) is 0 Å². The van der Waals surface area contributed by atoms with Crippen LogP contribution in [0.3, 0.4) is 0 Å². The van der Waals surface area contributed by atoms with Crippen LogP contribution in [0.25, 0.3) is 23.2 Å². The molecule has 4 rings (SSSR count). The Morgan fingerprint density at radius 1 is 1.21 bits per heavy atom. The lowest BCUT2D eigenvalue weighted by atomic mass is 10.0. The van der Waals surface area contributed by atoms with Gasteiger partial charge in [-0.3, -0.25) is 4.98 Å². The quantitative estimate of drug-likeness (QED) is 0.690. The maximum Gasteiger partial charge on any atom is 0.0528 e. The van der Waals surface area contributed by atoms with E-state index in [2.05, 4.69) is 65.0 Å². The zero-order chi connectivity index (χ0) is 15.8. The number of pyridine rings is 1. The van der Waals surface area contributed by atoms with Crippen molar-refractivity contribution >= 4 is 35.6 Å². The molecule has 0 fully saturated rings. The number of hydrogen-bond acceptors (Lipinski definition) is 2. The van der Waals surface area contributed by atoms with Gasteiger partial charge in [0, 0.05) is 49.2 Å². The number of halogens is 1. The number of hydrogen-bond donors (Lipinski definition) is 0. The maximum absolute atomic E-state index is 4.19. The van der Waals surface area contributed by atoms with E-state index in [9.17, 15) is 0 Å². The molecule has 0 spiro atoms. The summed E-state index contributed by atoms with van der Waals surface area (Å²) in [4.78, 5) is 6.59. The number of benzene rings is 1. The van der Waals surface area contributed by atoms with E-state index in [1.165, 1.54) is 27.7 Å². The van der Waals surface area contributed by atoms with Crippen molar-refractivity contribution in [3.05, 3.63) is 65.1 Å². The molecule has 124 valence electrons. The first kappa shape index (κ1) is 16.7. The van der Waals surface area contributed by atoms with Crippen LogP contribution in [0.4, 0.5) is 0 Å². The smallest absolute Gasteiger partial charge is 0.0528 e. The van der Waals surface area contributed by atoms with Crippen molar-refractivity contribution in [2.24, 2.45) is 0 Å². The zero-order valence-corrected chi connectivity index (χ0v) is 14.9. The van der Waals surface area contributed by atoms with Gasteiger partial charge in [-0.15, -0.1) is 12.4 Å². The monoisotopic (exact) mass is 339 g/mol. The van der Waals surface area contributed by atoms with Gasteiger partial charge in [-0.25, -0.2) is 0 Å². The molecule has 4 heteroatoms. The molecule has 0 atom stereocenters. The fourth-order valence-electron chi connectivity index (χ4n) is 3.45. The van der Waals surface area contributed by atoms with Gasteiger partial charge in [-0.05, 0) is 49.4 Å². The first-order valence-electron chi connectivity index (χ1n) is 8.11. The summed E-state index contributed by atoms with van der Waals surface area (Å²) >= 11 is 0. The van der Waals surface area contributed by atoms with Crippen LogP contribution in [0, 0.1) is 6.92 Å². The highest BCUT2D eigenvalue weighted by Gasteiger charge is 2.21. The van der Waals surface area contributed by atoms with Crippen molar-refractivity contribution in [3.8, 4) is 0 Å². The summed E-state index contributed by atoms with van der Waals surface area (Å²) in [6.07, 6.45) is 9.14. The largest absolute Gasteiger partial charge is 0.320 e. The molecule has 2 aromatic heterocycles. The Hall–Kier alpha value is -2.10. The molecule has 3 heterocycles. The number of nitrogens with zero attached hydrogens (tertiary/aromatic N) is 3. The minimum atomic E-state index is 0. The third-order valence-corrected chi connectivity index (χ3v) is 4.63. The molecule has 24 heavy (non-hydrogen) atoms. The molecule has 0 aliphatic carbocycles. The number of aromatic nitrogens is 2. The molecular formula is C20H22ClN3. The predicted octanol–water partition coefficient (Wildman–Crippen LogP) is 4.38. The van der Waals surface area contributed by atoms with Crippen molar-refractivity contribution in [3.63, 3.8) is 0 Å². The van der Waals surface area contributed by atoms with Crippen LogP contribution < -0.4 is 0 Å². The molecule has 1 aliphatic heterocycles. The lowest BCUT2D eigenvalue weighted by molar-refractivity contribution is 0.312.